The highest BCUT2D eigenvalue weighted by Gasteiger charge is 2.23. The number of benzene rings is 2. The highest BCUT2D eigenvalue weighted by atomic mass is 19.1. The lowest BCUT2D eigenvalue weighted by molar-refractivity contribution is -0.139. The number of hydrogen-bond donors (Lipinski definition) is 2. The first kappa shape index (κ1) is 15.1. The van der Waals surface area contributed by atoms with Crippen molar-refractivity contribution in [3.63, 3.8) is 0 Å². The maximum Gasteiger partial charge on any atom is 0.325 e. The molecule has 0 aromatic heterocycles. The summed E-state index contributed by atoms with van der Waals surface area (Å²) in [6, 6.07) is 7.08. The molecule has 0 spiro atoms. The van der Waals surface area contributed by atoms with Crippen molar-refractivity contribution in [2.45, 2.75) is 12.6 Å². The summed E-state index contributed by atoms with van der Waals surface area (Å²) >= 11 is 0. The van der Waals surface area contributed by atoms with E-state index >= 15 is 0 Å². The van der Waals surface area contributed by atoms with E-state index in [9.17, 15) is 18.0 Å². The second kappa shape index (κ2) is 6.41. The lowest BCUT2D eigenvalue weighted by Crippen LogP contribution is -2.29. The molecular weight excluding hydrogens is 283 g/mol. The molecule has 2 N–H and O–H groups in total. The Balaban J connectivity index is 2.20. The molecule has 2 aromatic carbocycles. The molecule has 0 aliphatic heterocycles. The van der Waals surface area contributed by atoms with Gasteiger partial charge in [0, 0.05) is 23.7 Å². The summed E-state index contributed by atoms with van der Waals surface area (Å²) in [6.45, 7) is -0.0968. The Kier molecular flexibility index (Phi) is 4.59. The van der Waals surface area contributed by atoms with Gasteiger partial charge in [0.05, 0.1) is 0 Å². The van der Waals surface area contributed by atoms with Crippen LogP contribution < -0.4 is 5.32 Å². The molecule has 0 bridgehead atoms. The van der Waals surface area contributed by atoms with E-state index in [0.29, 0.717) is 6.07 Å². The van der Waals surface area contributed by atoms with Crippen LogP contribution >= 0.6 is 0 Å². The lowest BCUT2D eigenvalue weighted by Gasteiger charge is -2.16. The average molecular weight is 295 g/mol. The van der Waals surface area contributed by atoms with Crippen molar-refractivity contribution in [1.82, 2.24) is 5.32 Å². The van der Waals surface area contributed by atoms with Gasteiger partial charge in [-0.2, -0.15) is 0 Å². The number of aliphatic carboxylic acids is 1. The molecule has 21 heavy (non-hydrogen) atoms. The van der Waals surface area contributed by atoms with E-state index in [-0.39, 0.29) is 17.7 Å². The summed E-state index contributed by atoms with van der Waals surface area (Å²) in [4.78, 5) is 11.2. The Morgan fingerprint density at radius 1 is 1.10 bits per heavy atom. The third-order valence-electron chi connectivity index (χ3n) is 2.97. The fourth-order valence-corrected chi connectivity index (χ4v) is 1.92. The smallest absolute Gasteiger partial charge is 0.325 e. The molecule has 2 aromatic rings. The van der Waals surface area contributed by atoms with Crippen LogP contribution in [0.3, 0.4) is 0 Å². The van der Waals surface area contributed by atoms with E-state index < -0.39 is 29.5 Å². The van der Waals surface area contributed by atoms with Gasteiger partial charge in [-0.1, -0.05) is 24.3 Å². The fraction of sp³-hybridized carbons (Fsp3) is 0.133. The van der Waals surface area contributed by atoms with Gasteiger partial charge < -0.3 is 5.11 Å². The Labute approximate surface area is 119 Å². The molecule has 0 amide bonds. The number of carboxylic acid groups (broad SMARTS) is 1. The maximum absolute atomic E-state index is 13.6. The van der Waals surface area contributed by atoms with Crippen LogP contribution in [0.2, 0.25) is 0 Å². The Morgan fingerprint density at radius 2 is 1.81 bits per heavy atom. The molecule has 1 atom stereocenters. The van der Waals surface area contributed by atoms with Gasteiger partial charge in [-0.25, -0.2) is 13.2 Å². The highest BCUT2D eigenvalue weighted by molar-refractivity contribution is 5.75. The van der Waals surface area contributed by atoms with E-state index in [1.165, 1.54) is 18.2 Å². The predicted molar refractivity (Wildman–Crippen MR) is 70.0 cm³/mol. The van der Waals surface area contributed by atoms with Crippen molar-refractivity contribution in [2.24, 2.45) is 0 Å². The summed E-state index contributed by atoms with van der Waals surface area (Å²) in [7, 11) is 0. The first-order valence-electron chi connectivity index (χ1n) is 6.13. The van der Waals surface area contributed by atoms with Gasteiger partial charge in [-0.15, -0.1) is 0 Å². The Morgan fingerprint density at radius 3 is 2.43 bits per heavy atom. The summed E-state index contributed by atoms with van der Waals surface area (Å²) in [5.74, 6) is -3.59. The highest BCUT2D eigenvalue weighted by Crippen LogP contribution is 2.19. The number of carbonyl (C=O) groups is 1. The van der Waals surface area contributed by atoms with Gasteiger partial charge in [-0.3, -0.25) is 10.1 Å². The third-order valence-corrected chi connectivity index (χ3v) is 2.97. The topological polar surface area (TPSA) is 49.3 Å². The number of carboxylic acids is 1. The van der Waals surface area contributed by atoms with Crippen LogP contribution in [-0.4, -0.2) is 11.1 Å². The SMILES string of the molecule is O=C(O)C(NCc1ccccc1F)c1ccc(F)cc1F. The average Bonchev–Trinajstić information content (AvgIpc) is 2.42. The Bertz CT molecular complexity index is 661. The monoisotopic (exact) mass is 295 g/mol. The van der Waals surface area contributed by atoms with Crippen LogP contribution in [0.4, 0.5) is 13.2 Å². The van der Waals surface area contributed by atoms with Crippen molar-refractivity contribution < 1.29 is 23.1 Å². The summed E-state index contributed by atoms with van der Waals surface area (Å²) in [5, 5.41) is 11.7. The molecule has 0 aliphatic carbocycles. The molecule has 0 saturated heterocycles. The number of nitrogens with one attached hydrogen (secondary N) is 1. The minimum atomic E-state index is -1.40. The van der Waals surface area contributed by atoms with E-state index in [0.717, 1.165) is 12.1 Å². The van der Waals surface area contributed by atoms with Crippen LogP contribution in [0.5, 0.6) is 0 Å². The standard InChI is InChI=1S/C15H12F3NO2/c16-10-5-6-11(13(18)7-10)14(15(20)21)19-8-9-3-1-2-4-12(9)17/h1-7,14,19H,8H2,(H,20,21). The van der Waals surface area contributed by atoms with Gasteiger partial charge in [0.15, 0.2) is 0 Å². The van der Waals surface area contributed by atoms with Crippen LogP contribution in [-0.2, 0) is 11.3 Å². The molecule has 0 fully saturated rings. The second-order valence-corrected chi connectivity index (χ2v) is 4.41. The minimum Gasteiger partial charge on any atom is -0.480 e. The summed E-state index contributed by atoms with van der Waals surface area (Å²) < 4.78 is 40.0. The molecule has 2 rings (SSSR count). The number of hydrogen-bond acceptors (Lipinski definition) is 2. The van der Waals surface area contributed by atoms with Crippen molar-refractivity contribution >= 4 is 5.97 Å². The largest absolute Gasteiger partial charge is 0.480 e. The van der Waals surface area contributed by atoms with Crippen molar-refractivity contribution in [1.29, 1.82) is 0 Å². The lowest BCUT2D eigenvalue weighted by atomic mass is 10.1. The zero-order chi connectivity index (χ0) is 15.4. The minimum absolute atomic E-state index is 0.0968. The molecule has 110 valence electrons. The molecule has 0 saturated carbocycles. The van der Waals surface area contributed by atoms with Crippen LogP contribution in [0.1, 0.15) is 17.2 Å². The first-order valence-corrected chi connectivity index (χ1v) is 6.13. The predicted octanol–water partition coefficient (Wildman–Crippen LogP) is 3.02. The van der Waals surface area contributed by atoms with Gasteiger partial charge in [0.2, 0.25) is 0 Å². The molecule has 0 heterocycles. The van der Waals surface area contributed by atoms with Gasteiger partial charge in [-0.05, 0) is 12.1 Å². The quantitative estimate of drug-likeness (QED) is 0.891. The second-order valence-electron chi connectivity index (χ2n) is 4.41. The molecule has 6 heteroatoms. The number of rotatable bonds is 5. The van der Waals surface area contributed by atoms with Crippen LogP contribution in [0.25, 0.3) is 0 Å². The van der Waals surface area contributed by atoms with Crippen molar-refractivity contribution in [3.05, 3.63) is 71.0 Å². The Hall–Kier alpha value is -2.34. The van der Waals surface area contributed by atoms with Gasteiger partial charge >= 0.3 is 5.97 Å². The van der Waals surface area contributed by atoms with Crippen LogP contribution in [0, 0.1) is 17.5 Å². The maximum atomic E-state index is 13.6. The zero-order valence-electron chi connectivity index (χ0n) is 10.8. The van der Waals surface area contributed by atoms with E-state index in [1.54, 1.807) is 6.07 Å². The first-order chi connectivity index (χ1) is 9.99. The summed E-state index contributed by atoms with van der Waals surface area (Å²) in [6.07, 6.45) is 0. The molecule has 0 aliphatic rings. The van der Waals surface area contributed by atoms with Crippen molar-refractivity contribution in [2.75, 3.05) is 0 Å². The molecular formula is C15H12F3NO2. The summed E-state index contributed by atoms with van der Waals surface area (Å²) in [5.41, 5.74) is 0.0477. The van der Waals surface area contributed by atoms with E-state index in [4.69, 9.17) is 5.11 Å². The third kappa shape index (κ3) is 3.61. The normalized spacial score (nSPS) is 12.1. The van der Waals surface area contributed by atoms with E-state index in [1.807, 2.05) is 0 Å². The molecule has 3 nitrogen and oxygen atoms in total. The van der Waals surface area contributed by atoms with Crippen LogP contribution in [0.15, 0.2) is 42.5 Å². The van der Waals surface area contributed by atoms with Crippen molar-refractivity contribution in [3.8, 4) is 0 Å². The van der Waals surface area contributed by atoms with Gasteiger partial charge in [0.25, 0.3) is 0 Å². The number of halogens is 3. The molecule has 1 unspecified atom stereocenters. The van der Waals surface area contributed by atoms with E-state index in [2.05, 4.69) is 5.32 Å². The van der Waals surface area contributed by atoms with Gasteiger partial charge in [0.1, 0.15) is 23.5 Å². The fourth-order valence-electron chi connectivity index (χ4n) is 1.92. The molecule has 0 radical (unpaired) electrons. The zero-order valence-corrected chi connectivity index (χ0v) is 10.8.